The lowest BCUT2D eigenvalue weighted by atomic mass is 9.92. The Morgan fingerprint density at radius 3 is 2.92 bits per heavy atom. The molecular formula is C17H23N5OS. The highest BCUT2D eigenvalue weighted by Crippen LogP contribution is 2.28. The number of carbonyl (C=O) groups is 1. The van der Waals surface area contributed by atoms with E-state index in [1.54, 1.807) is 17.7 Å². The van der Waals surface area contributed by atoms with E-state index in [0.717, 1.165) is 61.6 Å². The van der Waals surface area contributed by atoms with Crippen molar-refractivity contribution in [3.8, 4) is 0 Å². The Morgan fingerprint density at radius 2 is 2.12 bits per heavy atom. The SMILES string of the molecule is C[C@H]1C[C@@H](C(=O)N2CCN(c3ncnc4sccc34)CC2)CCN1. The van der Waals surface area contributed by atoms with Gasteiger partial charge in [0, 0.05) is 38.1 Å². The van der Waals surface area contributed by atoms with Gasteiger partial charge < -0.3 is 15.1 Å². The summed E-state index contributed by atoms with van der Waals surface area (Å²) in [5.41, 5.74) is 0. The highest BCUT2D eigenvalue weighted by molar-refractivity contribution is 7.16. The molecule has 2 fully saturated rings. The number of hydrogen-bond acceptors (Lipinski definition) is 6. The van der Waals surface area contributed by atoms with Crippen LogP contribution in [-0.4, -0.2) is 59.5 Å². The van der Waals surface area contributed by atoms with Crippen LogP contribution in [-0.2, 0) is 4.79 Å². The smallest absolute Gasteiger partial charge is 0.225 e. The number of carbonyl (C=O) groups excluding carboxylic acids is 1. The molecule has 2 aliphatic rings. The molecule has 4 heterocycles. The summed E-state index contributed by atoms with van der Waals surface area (Å²) in [5, 5.41) is 6.60. The van der Waals surface area contributed by atoms with E-state index in [1.807, 2.05) is 4.90 Å². The zero-order valence-electron chi connectivity index (χ0n) is 13.9. The average Bonchev–Trinajstić information content (AvgIpc) is 3.10. The van der Waals surface area contributed by atoms with Crippen LogP contribution in [0.2, 0.25) is 0 Å². The van der Waals surface area contributed by atoms with E-state index in [-0.39, 0.29) is 5.92 Å². The van der Waals surface area contributed by atoms with Crippen LogP contribution in [0, 0.1) is 5.92 Å². The van der Waals surface area contributed by atoms with Crippen LogP contribution in [0.4, 0.5) is 5.82 Å². The van der Waals surface area contributed by atoms with Gasteiger partial charge in [0.25, 0.3) is 0 Å². The van der Waals surface area contributed by atoms with E-state index in [1.165, 1.54) is 0 Å². The highest BCUT2D eigenvalue weighted by atomic mass is 32.1. The maximum Gasteiger partial charge on any atom is 0.225 e. The Morgan fingerprint density at radius 1 is 1.29 bits per heavy atom. The number of rotatable bonds is 2. The standard InChI is InChI=1S/C17H23N5OS/c1-12-10-13(2-4-18-12)17(23)22-7-5-21(6-8-22)15-14-3-9-24-16(14)20-11-19-15/h3,9,11-13,18H,2,4-8,10H2,1H3/t12-,13-/m0/s1. The van der Waals surface area contributed by atoms with E-state index in [0.29, 0.717) is 11.9 Å². The van der Waals surface area contributed by atoms with Crippen LogP contribution in [0.1, 0.15) is 19.8 Å². The van der Waals surface area contributed by atoms with Gasteiger partial charge in [-0.25, -0.2) is 9.97 Å². The zero-order valence-corrected chi connectivity index (χ0v) is 14.8. The van der Waals surface area contributed by atoms with E-state index >= 15 is 0 Å². The molecule has 128 valence electrons. The third kappa shape index (κ3) is 2.98. The molecule has 2 aromatic rings. The van der Waals surface area contributed by atoms with Crippen LogP contribution in [0.5, 0.6) is 0 Å². The van der Waals surface area contributed by atoms with Crippen molar-refractivity contribution in [2.24, 2.45) is 5.92 Å². The summed E-state index contributed by atoms with van der Waals surface area (Å²) < 4.78 is 0. The van der Waals surface area contributed by atoms with Gasteiger partial charge in [0.2, 0.25) is 5.91 Å². The van der Waals surface area contributed by atoms with Crippen molar-refractivity contribution in [2.75, 3.05) is 37.6 Å². The summed E-state index contributed by atoms with van der Waals surface area (Å²) in [5.74, 6) is 1.53. The van der Waals surface area contributed by atoms with Crippen molar-refractivity contribution in [3.05, 3.63) is 17.8 Å². The lowest BCUT2D eigenvalue weighted by Gasteiger charge is -2.38. The van der Waals surface area contributed by atoms with Crippen LogP contribution < -0.4 is 10.2 Å². The first-order valence-corrected chi connectivity index (χ1v) is 9.55. The molecule has 0 radical (unpaired) electrons. The Bertz CT molecular complexity index is 725. The molecule has 2 aliphatic heterocycles. The summed E-state index contributed by atoms with van der Waals surface area (Å²) in [6, 6.07) is 2.53. The van der Waals surface area contributed by atoms with Crippen LogP contribution in [0.3, 0.4) is 0 Å². The molecule has 6 nitrogen and oxygen atoms in total. The Hall–Kier alpha value is -1.73. The maximum absolute atomic E-state index is 12.8. The van der Waals surface area contributed by atoms with Crippen molar-refractivity contribution < 1.29 is 4.79 Å². The second-order valence-corrected chi connectivity index (χ2v) is 7.62. The molecule has 0 bridgehead atoms. The molecule has 0 unspecified atom stereocenters. The maximum atomic E-state index is 12.8. The van der Waals surface area contributed by atoms with Gasteiger partial charge in [-0.3, -0.25) is 4.79 Å². The van der Waals surface area contributed by atoms with Gasteiger partial charge in [-0.15, -0.1) is 11.3 Å². The van der Waals surface area contributed by atoms with Crippen molar-refractivity contribution in [3.63, 3.8) is 0 Å². The van der Waals surface area contributed by atoms with Crippen molar-refractivity contribution in [2.45, 2.75) is 25.8 Å². The normalized spacial score (nSPS) is 25.2. The number of amides is 1. The lowest BCUT2D eigenvalue weighted by molar-refractivity contribution is -0.137. The summed E-state index contributed by atoms with van der Waals surface area (Å²) in [4.78, 5) is 26.9. The number of anilines is 1. The van der Waals surface area contributed by atoms with Crippen molar-refractivity contribution in [1.29, 1.82) is 0 Å². The number of piperidine rings is 1. The molecule has 2 atom stereocenters. The minimum Gasteiger partial charge on any atom is -0.352 e. The zero-order chi connectivity index (χ0) is 16.5. The second-order valence-electron chi connectivity index (χ2n) is 6.73. The third-order valence-electron chi connectivity index (χ3n) is 5.10. The summed E-state index contributed by atoms with van der Waals surface area (Å²) in [6.07, 6.45) is 3.56. The van der Waals surface area contributed by atoms with Gasteiger partial charge in [0.15, 0.2) is 0 Å². The fourth-order valence-electron chi connectivity index (χ4n) is 3.78. The number of hydrogen-bond donors (Lipinski definition) is 1. The number of piperazine rings is 1. The Kier molecular flexibility index (Phi) is 4.37. The van der Waals surface area contributed by atoms with Crippen LogP contribution >= 0.6 is 11.3 Å². The predicted octanol–water partition coefficient (Wildman–Crippen LogP) is 1.73. The van der Waals surface area contributed by atoms with E-state index in [4.69, 9.17) is 0 Å². The summed E-state index contributed by atoms with van der Waals surface area (Å²) in [7, 11) is 0. The molecule has 2 saturated heterocycles. The number of aromatic nitrogens is 2. The first kappa shape index (κ1) is 15.8. The topological polar surface area (TPSA) is 61.4 Å². The monoisotopic (exact) mass is 345 g/mol. The molecule has 0 aliphatic carbocycles. The second kappa shape index (κ2) is 6.64. The van der Waals surface area contributed by atoms with E-state index < -0.39 is 0 Å². The van der Waals surface area contributed by atoms with Crippen LogP contribution in [0.15, 0.2) is 17.8 Å². The fraction of sp³-hybridized carbons (Fsp3) is 0.588. The number of thiophene rings is 1. The van der Waals surface area contributed by atoms with Gasteiger partial charge in [-0.1, -0.05) is 0 Å². The van der Waals surface area contributed by atoms with Gasteiger partial charge in [0.1, 0.15) is 17.0 Å². The molecule has 0 spiro atoms. The minimum atomic E-state index is 0.190. The number of nitrogens with zero attached hydrogens (tertiary/aromatic N) is 4. The highest BCUT2D eigenvalue weighted by Gasteiger charge is 2.30. The number of fused-ring (bicyclic) bond motifs is 1. The Labute approximate surface area is 145 Å². The number of nitrogens with one attached hydrogen (secondary N) is 1. The molecule has 0 aromatic carbocycles. The summed E-state index contributed by atoms with van der Waals surface area (Å²) in [6.45, 7) is 6.37. The predicted molar refractivity (Wildman–Crippen MR) is 96.4 cm³/mol. The van der Waals surface area contributed by atoms with Crippen molar-refractivity contribution in [1.82, 2.24) is 20.2 Å². The molecule has 24 heavy (non-hydrogen) atoms. The van der Waals surface area contributed by atoms with Gasteiger partial charge in [-0.2, -0.15) is 0 Å². The molecule has 1 N–H and O–H groups in total. The Balaban J connectivity index is 1.41. The minimum absolute atomic E-state index is 0.190. The van der Waals surface area contributed by atoms with Gasteiger partial charge >= 0.3 is 0 Å². The third-order valence-corrected chi connectivity index (χ3v) is 5.93. The van der Waals surface area contributed by atoms with Gasteiger partial charge in [0.05, 0.1) is 5.39 Å². The molecule has 4 rings (SSSR count). The first-order valence-electron chi connectivity index (χ1n) is 8.67. The molecule has 1 amide bonds. The molecule has 0 saturated carbocycles. The van der Waals surface area contributed by atoms with Gasteiger partial charge in [-0.05, 0) is 37.8 Å². The quantitative estimate of drug-likeness (QED) is 0.898. The van der Waals surface area contributed by atoms with Crippen molar-refractivity contribution >= 4 is 33.3 Å². The molecule has 7 heteroatoms. The average molecular weight is 345 g/mol. The summed E-state index contributed by atoms with van der Waals surface area (Å²) >= 11 is 1.64. The molecular weight excluding hydrogens is 322 g/mol. The largest absolute Gasteiger partial charge is 0.352 e. The first-order chi connectivity index (χ1) is 11.7. The lowest BCUT2D eigenvalue weighted by Crippen LogP contribution is -2.52. The fourth-order valence-corrected chi connectivity index (χ4v) is 4.51. The van der Waals surface area contributed by atoms with E-state index in [9.17, 15) is 4.79 Å². The van der Waals surface area contributed by atoms with E-state index in [2.05, 4.69) is 38.6 Å². The van der Waals surface area contributed by atoms with Crippen LogP contribution in [0.25, 0.3) is 10.2 Å². The molecule has 2 aromatic heterocycles.